The monoisotopic (exact) mass is 688 g/mol. The van der Waals surface area contributed by atoms with Gasteiger partial charge in [0.2, 0.25) is 0 Å². The summed E-state index contributed by atoms with van der Waals surface area (Å²) in [5, 5.41) is 0. The lowest BCUT2D eigenvalue weighted by Gasteiger charge is -2.34. The van der Waals surface area contributed by atoms with E-state index in [1.165, 1.54) is 56.3 Å². The van der Waals surface area contributed by atoms with Gasteiger partial charge in [-0.2, -0.15) is 0 Å². The average Bonchev–Trinajstić information content (AvgIpc) is 3.59. The van der Waals surface area contributed by atoms with Crippen LogP contribution in [0.25, 0.3) is 5.57 Å². The van der Waals surface area contributed by atoms with Crippen molar-refractivity contribution in [1.82, 2.24) is 0 Å². The number of fused-ring (bicyclic) bond motifs is 1. The highest BCUT2D eigenvalue weighted by Gasteiger charge is 2.23. The smallest absolute Gasteiger partial charge is 0.0490 e. The van der Waals surface area contributed by atoms with E-state index < -0.39 is 0 Å². The van der Waals surface area contributed by atoms with E-state index in [2.05, 4.69) is 177 Å². The summed E-state index contributed by atoms with van der Waals surface area (Å²) in [5.74, 6) is 0. The predicted octanol–water partition coefficient (Wildman–Crippen LogP) is 14.6. The number of rotatable bonds is 7. The number of benzene rings is 3. The molecule has 0 bridgehead atoms. The number of para-hydroxylation sites is 2. The Bertz CT molecular complexity index is 1830. The molecule has 1 aliphatic heterocycles. The third-order valence-electron chi connectivity index (χ3n) is 8.47. The summed E-state index contributed by atoms with van der Waals surface area (Å²) in [7, 11) is 0. The second-order valence-corrected chi connectivity index (χ2v) is 11.4. The molecule has 270 valence electrons. The fourth-order valence-corrected chi connectivity index (χ4v) is 6.17. The number of allylic oxidation sites excluding steroid dienone is 15. The summed E-state index contributed by atoms with van der Waals surface area (Å²) in [6, 6.07) is 26.4. The first-order chi connectivity index (χ1) is 25.6. The average molecular weight is 689 g/mol. The van der Waals surface area contributed by atoms with Crippen LogP contribution in [0.4, 0.5) is 17.1 Å². The Kier molecular flexibility index (Phi) is 19.5. The van der Waals surface area contributed by atoms with Gasteiger partial charge in [0.05, 0.1) is 0 Å². The molecule has 0 spiro atoms. The molecule has 3 aliphatic rings. The van der Waals surface area contributed by atoms with Gasteiger partial charge in [0.15, 0.2) is 0 Å². The van der Waals surface area contributed by atoms with Gasteiger partial charge in [-0.05, 0) is 110 Å². The maximum atomic E-state index is 4.00. The summed E-state index contributed by atoms with van der Waals surface area (Å²) in [6.45, 7) is 20.2. The van der Waals surface area contributed by atoms with Crippen molar-refractivity contribution in [3.8, 4) is 12.8 Å². The van der Waals surface area contributed by atoms with E-state index in [1.54, 1.807) is 0 Å². The lowest BCUT2D eigenvalue weighted by Crippen LogP contribution is -2.26. The Balaban J connectivity index is 0.00000110. The van der Waals surface area contributed by atoms with Gasteiger partial charge in [0, 0.05) is 34.2 Å². The predicted molar refractivity (Wildman–Crippen MR) is 234 cm³/mol. The van der Waals surface area contributed by atoms with Crippen molar-refractivity contribution in [3.05, 3.63) is 192 Å². The maximum Gasteiger partial charge on any atom is 0.0490 e. The van der Waals surface area contributed by atoms with Gasteiger partial charge in [-0.15, -0.1) is 12.8 Å². The van der Waals surface area contributed by atoms with Crippen molar-refractivity contribution >= 4 is 22.6 Å². The van der Waals surface area contributed by atoms with Crippen LogP contribution in [0.3, 0.4) is 0 Å². The molecule has 1 heterocycles. The molecule has 52 heavy (non-hydrogen) atoms. The van der Waals surface area contributed by atoms with E-state index in [1.807, 2.05) is 53.7 Å². The third kappa shape index (κ3) is 11.0. The zero-order valence-corrected chi connectivity index (χ0v) is 32.9. The van der Waals surface area contributed by atoms with Crippen LogP contribution in [0.15, 0.2) is 175 Å². The molecule has 0 amide bonds. The van der Waals surface area contributed by atoms with Crippen LogP contribution in [-0.4, -0.2) is 0 Å². The second kappa shape index (κ2) is 23.8. The number of anilines is 3. The molecule has 0 saturated carbocycles. The number of aryl methyl sites for hydroxylation is 2. The first kappa shape index (κ1) is 42.6. The van der Waals surface area contributed by atoms with E-state index in [9.17, 15) is 0 Å². The van der Waals surface area contributed by atoms with E-state index in [-0.39, 0.29) is 0 Å². The Morgan fingerprint density at radius 3 is 2.13 bits per heavy atom. The fraction of sp³-hybridized carbons (Fsp3) is 0.240. The summed E-state index contributed by atoms with van der Waals surface area (Å²) >= 11 is 0. The van der Waals surface area contributed by atoms with Crippen LogP contribution < -0.4 is 9.80 Å². The van der Waals surface area contributed by atoms with Crippen LogP contribution in [0.5, 0.6) is 0 Å². The molecule has 3 aromatic rings. The Morgan fingerprint density at radius 2 is 1.42 bits per heavy atom. The van der Waals surface area contributed by atoms with Gasteiger partial charge in [-0.3, -0.25) is 0 Å². The molecule has 0 saturated heterocycles. The highest BCUT2D eigenvalue weighted by molar-refractivity contribution is 5.80. The minimum absolute atomic E-state index is 0.867. The molecular formula is C50H60N2. The molecule has 2 aliphatic carbocycles. The van der Waals surface area contributed by atoms with Crippen molar-refractivity contribution in [2.24, 2.45) is 0 Å². The normalized spacial score (nSPS) is 15.0. The summed E-state index contributed by atoms with van der Waals surface area (Å²) in [6.07, 6.45) is 38.1. The fourth-order valence-electron chi connectivity index (χ4n) is 6.17. The van der Waals surface area contributed by atoms with Gasteiger partial charge in [-0.25, -0.2) is 0 Å². The van der Waals surface area contributed by atoms with Crippen LogP contribution >= 0.6 is 0 Å². The minimum atomic E-state index is 0.867. The highest BCUT2D eigenvalue weighted by atomic mass is 15.2. The standard InChI is InChI=1S/C42H40N2.3C2H6.C2H2/c1-4-5-7-19-37-31-27-36-17-11-13-23-42(36)43(37)38-20-14-18-34(24-28-38)35-25-29-39(30-26-35)44(41-22-12-10-16-33(41)3)40-21-9-6-8-15-32(40)2;4*1-2/h4-7,9-13,15-26,28-30H,1,8,14,27,31H2,2-3H3;3*1-2H3;1-2H/b7-5-,37-19+;;;;. The molecule has 0 atom stereocenters. The quantitative estimate of drug-likeness (QED) is 0.180. The van der Waals surface area contributed by atoms with Gasteiger partial charge in [0.25, 0.3) is 0 Å². The van der Waals surface area contributed by atoms with E-state index in [0.717, 1.165) is 31.4 Å². The molecule has 0 radical (unpaired) electrons. The first-order valence-corrected chi connectivity index (χ1v) is 18.9. The summed E-state index contributed by atoms with van der Waals surface area (Å²) < 4.78 is 0. The Morgan fingerprint density at radius 1 is 0.731 bits per heavy atom. The zero-order valence-electron chi connectivity index (χ0n) is 32.9. The van der Waals surface area contributed by atoms with Gasteiger partial charge in [0.1, 0.15) is 0 Å². The molecule has 0 unspecified atom stereocenters. The van der Waals surface area contributed by atoms with E-state index in [4.69, 9.17) is 0 Å². The summed E-state index contributed by atoms with van der Waals surface area (Å²) in [4.78, 5) is 4.81. The number of hydrogen-bond donors (Lipinski definition) is 0. The van der Waals surface area contributed by atoms with Crippen molar-refractivity contribution in [1.29, 1.82) is 0 Å². The molecule has 3 aromatic carbocycles. The number of hydrogen-bond acceptors (Lipinski definition) is 2. The Hall–Kier alpha value is -5.52. The van der Waals surface area contributed by atoms with Crippen LogP contribution in [0.1, 0.15) is 84.4 Å². The van der Waals surface area contributed by atoms with E-state index >= 15 is 0 Å². The van der Waals surface area contributed by atoms with Crippen molar-refractivity contribution in [2.45, 2.75) is 81.1 Å². The molecule has 0 fully saturated rings. The number of terminal acetylenes is 1. The molecule has 0 N–H and O–H groups in total. The SMILES string of the molecule is C#C.C=C/C=C\C=C1/CCc2ccccc2N1C1=CCC=C(c2ccc(N(C3=CC=CCC=C3C)c3ccccc3C)cc2)C=C1.CC.CC.CC. The molecule has 2 heteroatoms. The number of nitrogens with zero attached hydrogens (tertiary/aromatic N) is 2. The van der Waals surface area contributed by atoms with Crippen LogP contribution in [0.2, 0.25) is 0 Å². The van der Waals surface area contributed by atoms with Crippen LogP contribution in [-0.2, 0) is 6.42 Å². The van der Waals surface area contributed by atoms with Gasteiger partial charge < -0.3 is 9.80 Å². The van der Waals surface area contributed by atoms with E-state index in [0.29, 0.717) is 0 Å². The summed E-state index contributed by atoms with van der Waals surface area (Å²) in [5.41, 5.74) is 13.7. The maximum absolute atomic E-state index is 4.00. The van der Waals surface area contributed by atoms with Crippen molar-refractivity contribution in [2.75, 3.05) is 9.80 Å². The van der Waals surface area contributed by atoms with Crippen molar-refractivity contribution < 1.29 is 0 Å². The molecule has 6 rings (SSSR count). The molecule has 0 aromatic heterocycles. The lowest BCUT2D eigenvalue weighted by atomic mass is 9.97. The minimum Gasteiger partial charge on any atom is -0.314 e. The van der Waals surface area contributed by atoms with Crippen LogP contribution in [0, 0.1) is 19.8 Å². The highest BCUT2D eigenvalue weighted by Crippen LogP contribution is 2.39. The van der Waals surface area contributed by atoms with Crippen molar-refractivity contribution in [3.63, 3.8) is 0 Å². The molecular weight excluding hydrogens is 629 g/mol. The first-order valence-electron chi connectivity index (χ1n) is 18.9. The topological polar surface area (TPSA) is 6.48 Å². The lowest BCUT2D eigenvalue weighted by molar-refractivity contribution is 0.843. The zero-order chi connectivity index (χ0) is 38.3. The van der Waals surface area contributed by atoms with Gasteiger partial charge in [-0.1, -0.05) is 151 Å². The largest absolute Gasteiger partial charge is 0.314 e. The third-order valence-corrected chi connectivity index (χ3v) is 8.47. The van der Waals surface area contributed by atoms with Gasteiger partial charge >= 0.3 is 0 Å². The second-order valence-electron chi connectivity index (χ2n) is 11.4. The molecule has 2 nitrogen and oxygen atoms in total. The Labute approximate surface area is 317 Å².